The van der Waals surface area contributed by atoms with E-state index >= 15 is 0 Å². The average Bonchev–Trinajstić information content (AvgIpc) is 2.78. The molecule has 2 aromatic rings. The number of pyridine rings is 1. The van der Waals surface area contributed by atoms with Gasteiger partial charge in [0.15, 0.2) is 0 Å². The van der Waals surface area contributed by atoms with Gasteiger partial charge in [0.2, 0.25) is 0 Å². The minimum atomic E-state index is 0.247. The van der Waals surface area contributed by atoms with E-state index in [9.17, 15) is 0 Å². The molecule has 0 N–H and O–H groups in total. The zero-order valence-electron chi connectivity index (χ0n) is 9.30. The molecular weight excluding hydrogens is 284 g/mol. The van der Waals surface area contributed by atoms with E-state index in [0.29, 0.717) is 0 Å². The third-order valence-electron chi connectivity index (χ3n) is 2.90. The smallest absolute Gasteiger partial charge is 0.146 e. The molecule has 0 spiro atoms. The highest BCUT2D eigenvalue weighted by molar-refractivity contribution is 9.10. The SMILES string of the molecule is Brc1cc(OC2CCOCC2)c2ccnn2c1. The van der Waals surface area contributed by atoms with E-state index < -0.39 is 0 Å². The lowest BCUT2D eigenvalue weighted by molar-refractivity contribution is 0.0260. The Balaban J connectivity index is 1.90. The average molecular weight is 297 g/mol. The van der Waals surface area contributed by atoms with Crippen LogP contribution in [0.3, 0.4) is 0 Å². The summed E-state index contributed by atoms with van der Waals surface area (Å²) < 4.78 is 14.2. The van der Waals surface area contributed by atoms with E-state index in [0.717, 1.165) is 41.8 Å². The number of rotatable bonds is 2. The Hall–Kier alpha value is -1.07. The predicted octanol–water partition coefficient (Wildman–Crippen LogP) is 2.65. The second-order valence-electron chi connectivity index (χ2n) is 4.11. The summed E-state index contributed by atoms with van der Waals surface area (Å²) in [6.45, 7) is 1.57. The molecule has 17 heavy (non-hydrogen) atoms. The van der Waals surface area contributed by atoms with Crippen LogP contribution in [0.2, 0.25) is 0 Å². The molecule has 0 amide bonds. The second kappa shape index (κ2) is 4.66. The van der Waals surface area contributed by atoms with Crippen molar-refractivity contribution in [1.82, 2.24) is 9.61 Å². The predicted molar refractivity (Wildman–Crippen MR) is 67.4 cm³/mol. The molecule has 1 saturated heterocycles. The quantitative estimate of drug-likeness (QED) is 0.855. The normalized spacial score (nSPS) is 17.5. The van der Waals surface area contributed by atoms with Crippen molar-refractivity contribution in [3.05, 3.63) is 29.0 Å². The number of fused-ring (bicyclic) bond motifs is 1. The molecule has 0 aromatic carbocycles. The Morgan fingerprint density at radius 1 is 1.41 bits per heavy atom. The van der Waals surface area contributed by atoms with E-state index in [1.54, 1.807) is 6.20 Å². The van der Waals surface area contributed by atoms with E-state index in [1.807, 2.05) is 22.8 Å². The summed E-state index contributed by atoms with van der Waals surface area (Å²) in [5, 5.41) is 4.22. The van der Waals surface area contributed by atoms with Gasteiger partial charge in [-0.15, -0.1) is 0 Å². The van der Waals surface area contributed by atoms with Crippen LogP contribution in [0.5, 0.6) is 5.75 Å². The Morgan fingerprint density at radius 3 is 3.06 bits per heavy atom. The number of nitrogens with zero attached hydrogens (tertiary/aromatic N) is 2. The summed E-state index contributed by atoms with van der Waals surface area (Å²) in [5.74, 6) is 0.878. The molecule has 0 atom stereocenters. The van der Waals surface area contributed by atoms with Gasteiger partial charge in [0.25, 0.3) is 0 Å². The first-order chi connectivity index (χ1) is 8.33. The lowest BCUT2D eigenvalue weighted by Gasteiger charge is -2.23. The largest absolute Gasteiger partial charge is 0.488 e. The van der Waals surface area contributed by atoms with E-state index in [4.69, 9.17) is 9.47 Å². The van der Waals surface area contributed by atoms with Crippen molar-refractivity contribution >= 4 is 21.4 Å². The monoisotopic (exact) mass is 296 g/mol. The Kier molecular flexibility index (Phi) is 3.03. The zero-order valence-corrected chi connectivity index (χ0v) is 10.9. The highest BCUT2D eigenvalue weighted by Crippen LogP contribution is 2.27. The van der Waals surface area contributed by atoms with E-state index in [2.05, 4.69) is 21.0 Å². The molecule has 4 nitrogen and oxygen atoms in total. The maximum Gasteiger partial charge on any atom is 0.146 e. The minimum absolute atomic E-state index is 0.247. The van der Waals surface area contributed by atoms with Crippen LogP contribution in [0, 0.1) is 0 Å². The maximum absolute atomic E-state index is 6.04. The Morgan fingerprint density at radius 2 is 2.24 bits per heavy atom. The lowest BCUT2D eigenvalue weighted by Crippen LogP contribution is -2.26. The second-order valence-corrected chi connectivity index (χ2v) is 5.03. The lowest BCUT2D eigenvalue weighted by atomic mass is 10.1. The third kappa shape index (κ3) is 2.30. The van der Waals surface area contributed by atoms with Gasteiger partial charge in [-0.05, 0) is 28.1 Å². The van der Waals surface area contributed by atoms with E-state index in [-0.39, 0.29) is 6.10 Å². The van der Waals surface area contributed by atoms with Crippen LogP contribution in [-0.2, 0) is 4.74 Å². The maximum atomic E-state index is 6.04. The van der Waals surface area contributed by atoms with Gasteiger partial charge in [0.1, 0.15) is 17.4 Å². The van der Waals surface area contributed by atoms with Crippen molar-refractivity contribution in [2.45, 2.75) is 18.9 Å². The van der Waals surface area contributed by atoms with Crippen molar-refractivity contribution in [2.24, 2.45) is 0 Å². The van der Waals surface area contributed by atoms with Gasteiger partial charge < -0.3 is 9.47 Å². The van der Waals surface area contributed by atoms with E-state index in [1.165, 1.54) is 0 Å². The molecule has 1 aliphatic rings. The molecule has 1 fully saturated rings. The highest BCUT2D eigenvalue weighted by atomic mass is 79.9. The van der Waals surface area contributed by atoms with Crippen LogP contribution in [0.4, 0.5) is 0 Å². The fourth-order valence-electron chi connectivity index (χ4n) is 2.03. The number of hydrogen-bond acceptors (Lipinski definition) is 3. The summed E-state index contributed by atoms with van der Waals surface area (Å²) in [4.78, 5) is 0. The molecule has 0 unspecified atom stereocenters. The first-order valence-corrected chi connectivity index (χ1v) is 6.49. The molecule has 90 valence electrons. The van der Waals surface area contributed by atoms with Crippen molar-refractivity contribution in [1.29, 1.82) is 0 Å². The van der Waals surface area contributed by atoms with Crippen LogP contribution < -0.4 is 4.74 Å². The molecule has 0 saturated carbocycles. The standard InChI is InChI=1S/C12H13BrN2O2/c13-9-7-12(11-1-4-14-15(11)8-9)17-10-2-5-16-6-3-10/h1,4,7-8,10H,2-3,5-6H2. The van der Waals surface area contributed by atoms with Crippen molar-refractivity contribution in [2.75, 3.05) is 13.2 Å². The summed E-state index contributed by atoms with van der Waals surface area (Å²) >= 11 is 3.47. The van der Waals surface area contributed by atoms with Gasteiger partial charge in [0, 0.05) is 23.5 Å². The van der Waals surface area contributed by atoms with Gasteiger partial charge >= 0.3 is 0 Å². The summed E-state index contributed by atoms with van der Waals surface area (Å²) in [5.41, 5.74) is 1.000. The van der Waals surface area contributed by atoms with Crippen LogP contribution in [0.1, 0.15) is 12.8 Å². The molecule has 0 aliphatic carbocycles. The molecular formula is C12H13BrN2O2. The Labute approximate surface area is 108 Å². The van der Waals surface area contributed by atoms with Crippen LogP contribution >= 0.6 is 15.9 Å². The van der Waals surface area contributed by atoms with Crippen molar-refractivity contribution in [3.8, 4) is 5.75 Å². The Bertz CT molecular complexity index is 520. The first kappa shape index (κ1) is 11.0. The van der Waals surface area contributed by atoms with Crippen LogP contribution in [-0.4, -0.2) is 28.9 Å². The zero-order chi connectivity index (χ0) is 11.7. The third-order valence-corrected chi connectivity index (χ3v) is 3.33. The first-order valence-electron chi connectivity index (χ1n) is 5.70. The number of aromatic nitrogens is 2. The molecule has 2 aromatic heterocycles. The number of hydrogen-bond donors (Lipinski definition) is 0. The van der Waals surface area contributed by atoms with Crippen molar-refractivity contribution in [3.63, 3.8) is 0 Å². The molecule has 0 radical (unpaired) electrons. The highest BCUT2D eigenvalue weighted by Gasteiger charge is 2.17. The fourth-order valence-corrected chi connectivity index (χ4v) is 2.44. The van der Waals surface area contributed by atoms with Crippen LogP contribution in [0.25, 0.3) is 5.52 Å². The van der Waals surface area contributed by atoms with Crippen molar-refractivity contribution < 1.29 is 9.47 Å². The van der Waals surface area contributed by atoms with Gasteiger partial charge in [-0.2, -0.15) is 5.10 Å². The molecule has 3 rings (SSSR count). The number of ether oxygens (including phenoxy) is 2. The van der Waals surface area contributed by atoms with Gasteiger partial charge in [-0.1, -0.05) is 0 Å². The summed E-state index contributed by atoms with van der Waals surface area (Å²) in [7, 11) is 0. The molecule has 1 aliphatic heterocycles. The number of halogens is 1. The van der Waals surface area contributed by atoms with Gasteiger partial charge in [-0.3, -0.25) is 0 Å². The summed E-state index contributed by atoms with van der Waals surface area (Å²) in [6.07, 6.45) is 5.85. The van der Waals surface area contributed by atoms with Crippen LogP contribution in [0.15, 0.2) is 29.0 Å². The van der Waals surface area contributed by atoms with Gasteiger partial charge in [-0.25, -0.2) is 4.52 Å². The summed E-state index contributed by atoms with van der Waals surface area (Å²) in [6, 6.07) is 3.95. The fraction of sp³-hybridized carbons (Fsp3) is 0.417. The molecule has 5 heteroatoms. The molecule has 0 bridgehead atoms. The topological polar surface area (TPSA) is 35.8 Å². The minimum Gasteiger partial charge on any atom is -0.488 e. The van der Waals surface area contributed by atoms with Gasteiger partial charge in [0.05, 0.1) is 19.4 Å². The molecule has 3 heterocycles.